The zero-order valence-electron chi connectivity index (χ0n) is 20.4. The summed E-state index contributed by atoms with van der Waals surface area (Å²) in [6.07, 6.45) is -4.81. The number of halogens is 6. The molecule has 3 aromatic carbocycles. The summed E-state index contributed by atoms with van der Waals surface area (Å²) in [5, 5.41) is -0.220. The highest BCUT2D eigenvalue weighted by molar-refractivity contribution is 6.32. The number of rotatable bonds is 10. The number of amides is 1. The van der Waals surface area contributed by atoms with Gasteiger partial charge in [0.25, 0.3) is 0 Å². The minimum absolute atomic E-state index is 0.0209. The Balaban J connectivity index is 1.69. The number of ketones is 1. The van der Waals surface area contributed by atoms with E-state index >= 15 is 0 Å². The lowest BCUT2D eigenvalue weighted by Crippen LogP contribution is -2.33. The first-order valence-electron chi connectivity index (χ1n) is 11.3. The highest BCUT2D eigenvalue weighted by Crippen LogP contribution is 2.37. The molecule has 0 N–H and O–H groups in total. The standard InChI is InChI=1S/C27H23ClF5NO4/c1-16-13-18(38-24-12-9-17(14-19(24)28)27(31,32)33)10-11-22(16)34(15-37-2)25(36)8-4-7-23(35)26-20(29)5-3-6-21(26)30/h3,5-6,9-14H,4,7-8,15H2,1-2H3. The monoisotopic (exact) mass is 555 g/mol. The normalized spacial score (nSPS) is 11.4. The molecule has 0 bridgehead atoms. The van der Waals surface area contributed by atoms with Crippen molar-refractivity contribution in [3.05, 3.63) is 87.9 Å². The second kappa shape index (κ2) is 12.4. The van der Waals surface area contributed by atoms with Gasteiger partial charge in [0.1, 0.15) is 29.9 Å². The van der Waals surface area contributed by atoms with Gasteiger partial charge < -0.3 is 9.47 Å². The summed E-state index contributed by atoms with van der Waals surface area (Å²) in [5.41, 5.74) is -0.487. The molecule has 0 aliphatic carbocycles. The van der Waals surface area contributed by atoms with Gasteiger partial charge >= 0.3 is 6.18 Å². The van der Waals surface area contributed by atoms with Crippen molar-refractivity contribution in [2.24, 2.45) is 0 Å². The first-order chi connectivity index (χ1) is 17.9. The highest BCUT2D eigenvalue weighted by atomic mass is 35.5. The van der Waals surface area contributed by atoms with Crippen molar-refractivity contribution in [2.45, 2.75) is 32.4 Å². The quantitative estimate of drug-likeness (QED) is 0.146. The number of ether oxygens (including phenoxy) is 2. The maximum Gasteiger partial charge on any atom is 0.416 e. The van der Waals surface area contributed by atoms with E-state index in [0.29, 0.717) is 11.3 Å². The second-order valence-electron chi connectivity index (χ2n) is 8.31. The number of aryl methyl sites for hydroxylation is 1. The maximum absolute atomic E-state index is 13.8. The van der Waals surface area contributed by atoms with Crippen LogP contribution in [0.1, 0.15) is 40.7 Å². The van der Waals surface area contributed by atoms with Crippen molar-refractivity contribution in [3.63, 3.8) is 0 Å². The second-order valence-corrected chi connectivity index (χ2v) is 8.71. The van der Waals surface area contributed by atoms with Gasteiger partial charge in [-0.15, -0.1) is 0 Å². The van der Waals surface area contributed by atoms with Crippen molar-refractivity contribution in [2.75, 3.05) is 18.7 Å². The van der Waals surface area contributed by atoms with Crippen molar-refractivity contribution in [1.29, 1.82) is 0 Å². The van der Waals surface area contributed by atoms with E-state index in [1.807, 2.05) is 0 Å². The molecule has 38 heavy (non-hydrogen) atoms. The van der Waals surface area contributed by atoms with Gasteiger partial charge in [0.05, 0.1) is 16.1 Å². The fraction of sp³-hybridized carbons (Fsp3) is 0.259. The lowest BCUT2D eigenvalue weighted by Gasteiger charge is -2.24. The van der Waals surface area contributed by atoms with Gasteiger partial charge in [-0.05, 0) is 67.4 Å². The van der Waals surface area contributed by atoms with Gasteiger partial charge in [-0.25, -0.2) is 8.78 Å². The molecule has 0 fully saturated rings. The molecule has 0 aliphatic heterocycles. The van der Waals surface area contributed by atoms with E-state index in [0.717, 1.165) is 36.4 Å². The van der Waals surface area contributed by atoms with Gasteiger partial charge in [-0.3, -0.25) is 14.5 Å². The summed E-state index contributed by atoms with van der Waals surface area (Å²) in [4.78, 5) is 26.5. The molecule has 0 radical (unpaired) electrons. The Hall–Kier alpha value is -3.50. The first kappa shape index (κ1) is 29.1. The van der Waals surface area contributed by atoms with E-state index in [4.69, 9.17) is 21.1 Å². The molecule has 11 heteroatoms. The predicted octanol–water partition coefficient (Wildman–Crippen LogP) is 7.73. The first-order valence-corrected chi connectivity index (χ1v) is 11.7. The Kier molecular flexibility index (Phi) is 9.45. The van der Waals surface area contributed by atoms with E-state index in [-0.39, 0.29) is 42.5 Å². The SMILES string of the molecule is COCN(C(=O)CCCC(=O)c1c(F)cccc1F)c1ccc(Oc2ccc(C(F)(F)F)cc2Cl)cc1C. The lowest BCUT2D eigenvalue weighted by molar-refractivity contribution is -0.137. The number of benzene rings is 3. The largest absolute Gasteiger partial charge is 0.456 e. The summed E-state index contributed by atoms with van der Waals surface area (Å²) < 4.78 is 77.0. The molecule has 0 saturated carbocycles. The molecule has 202 valence electrons. The molecular weight excluding hydrogens is 533 g/mol. The van der Waals surface area contributed by atoms with Crippen LogP contribution < -0.4 is 9.64 Å². The number of carbonyl (C=O) groups excluding carboxylic acids is 2. The average Bonchev–Trinajstić information content (AvgIpc) is 2.83. The molecule has 0 unspecified atom stereocenters. The van der Waals surface area contributed by atoms with Crippen LogP contribution in [0.15, 0.2) is 54.6 Å². The molecule has 0 atom stereocenters. The summed E-state index contributed by atoms with van der Waals surface area (Å²) in [6.45, 7) is 1.58. The number of hydrogen-bond acceptors (Lipinski definition) is 4. The van der Waals surface area contributed by atoms with Gasteiger partial charge in [-0.2, -0.15) is 13.2 Å². The van der Waals surface area contributed by atoms with E-state index in [1.54, 1.807) is 19.1 Å². The van der Waals surface area contributed by atoms with Crippen LogP contribution in [-0.4, -0.2) is 25.5 Å². The van der Waals surface area contributed by atoms with Crippen LogP contribution in [-0.2, 0) is 15.7 Å². The molecule has 3 rings (SSSR count). The Morgan fingerprint density at radius 1 is 0.974 bits per heavy atom. The van der Waals surface area contributed by atoms with Gasteiger partial charge in [0.2, 0.25) is 5.91 Å². The highest BCUT2D eigenvalue weighted by Gasteiger charge is 2.31. The molecule has 0 aromatic heterocycles. The van der Waals surface area contributed by atoms with Crippen LogP contribution in [0.3, 0.4) is 0 Å². The number of anilines is 1. The van der Waals surface area contributed by atoms with Crippen molar-refractivity contribution in [1.82, 2.24) is 0 Å². The van der Waals surface area contributed by atoms with Crippen LogP contribution in [0.25, 0.3) is 0 Å². The summed E-state index contributed by atoms with van der Waals surface area (Å²) >= 11 is 5.96. The number of hydrogen-bond donors (Lipinski definition) is 0. The summed E-state index contributed by atoms with van der Waals surface area (Å²) in [7, 11) is 1.39. The Morgan fingerprint density at radius 2 is 1.66 bits per heavy atom. The smallest absolute Gasteiger partial charge is 0.416 e. The number of carbonyl (C=O) groups is 2. The Morgan fingerprint density at radius 3 is 2.24 bits per heavy atom. The topological polar surface area (TPSA) is 55.8 Å². The maximum atomic E-state index is 13.8. The Labute approximate surface area is 220 Å². The van der Waals surface area contributed by atoms with Crippen LogP contribution in [0.4, 0.5) is 27.6 Å². The zero-order valence-corrected chi connectivity index (χ0v) is 21.1. The number of methoxy groups -OCH3 is 1. The van der Waals surface area contributed by atoms with E-state index in [9.17, 15) is 31.5 Å². The third kappa shape index (κ3) is 7.08. The molecule has 0 heterocycles. The molecule has 5 nitrogen and oxygen atoms in total. The fourth-order valence-electron chi connectivity index (χ4n) is 3.71. The van der Waals surface area contributed by atoms with Crippen LogP contribution in [0.5, 0.6) is 11.5 Å². The molecule has 0 aliphatic rings. The third-order valence-electron chi connectivity index (χ3n) is 5.54. The van der Waals surface area contributed by atoms with E-state index in [2.05, 4.69) is 0 Å². The molecule has 1 amide bonds. The van der Waals surface area contributed by atoms with Gasteiger partial charge in [-0.1, -0.05) is 17.7 Å². The van der Waals surface area contributed by atoms with Crippen LogP contribution in [0, 0.1) is 18.6 Å². The van der Waals surface area contributed by atoms with Gasteiger partial charge in [0, 0.05) is 25.6 Å². The minimum Gasteiger partial charge on any atom is -0.456 e. The van der Waals surface area contributed by atoms with Gasteiger partial charge in [0.15, 0.2) is 5.78 Å². The van der Waals surface area contributed by atoms with E-state index < -0.39 is 40.6 Å². The zero-order chi connectivity index (χ0) is 28.0. The molecule has 3 aromatic rings. The number of Topliss-reactive ketones (excluding diaryl/α,β-unsaturated/α-hetero) is 1. The number of nitrogens with zero attached hydrogens (tertiary/aromatic N) is 1. The molecule has 0 saturated heterocycles. The number of alkyl halides is 3. The van der Waals surface area contributed by atoms with Crippen LogP contribution >= 0.6 is 11.6 Å². The molecule has 0 spiro atoms. The van der Waals surface area contributed by atoms with Crippen molar-refractivity contribution in [3.8, 4) is 11.5 Å². The summed E-state index contributed by atoms with van der Waals surface area (Å²) in [5.74, 6) is -2.76. The molecular formula is C27H23ClF5NO4. The third-order valence-corrected chi connectivity index (χ3v) is 5.84. The summed E-state index contributed by atoms with van der Waals surface area (Å²) in [6, 6.07) is 10.5. The Bertz CT molecular complexity index is 1310. The van der Waals surface area contributed by atoms with Crippen LogP contribution in [0.2, 0.25) is 5.02 Å². The van der Waals surface area contributed by atoms with Crippen molar-refractivity contribution >= 4 is 29.0 Å². The lowest BCUT2D eigenvalue weighted by atomic mass is 10.0. The minimum atomic E-state index is -4.54. The predicted molar refractivity (Wildman–Crippen MR) is 132 cm³/mol. The van der Waals surface area contributed by atoms with Crippen molar-refractivity contribution < 1.29 is 41.0 Å². The van der Waals surface area contributed by atoms with E-state index in [1.165, 1.54) is 18.1 Å². The fourth-order valence-corrected chi connectivity index (χ4v) is 3.93. The average molecular weight is 556 g/mol.